The number of benzene rings is 2. The summed E-state index contributed by atoms with van der Waals surface area (Å²) in [5.74, 6) is -0.260. The van der Waals surface area contributed by atoms with E-state index in [4.69, 9.17) is 23.8 Å². The predicted octanol–water partition coefficient (Wildman–Crippen LogP) is 3.48. The van der Waals surface area contributed by atoms with Crippen LogP contribution >= 0.6 is 23.8 Å². The summed E-state index contributed by atoms with van der Waals surface area (Å²) in [6, 6.07) is 13.6. The zero-order valence-corrected chi connectivity index (χ0v) is 12.6. The van der Waals surface area contributed by atoms with Crippen LogP contribution in [0.25, 0.3) is 0 Å². The van der Waals surface area contributed by atoms with Gasteiger partial charge in [0.25, 0.3) is 0 Å². The molecular formula is C15H13ClFN3S. The van der Waals surface area contributed by atoms with Gasteiger partial charge < -0.3 is 5.32 Å². The second-order valence-corrected chi connectivity index (χ2v) is 5.02. The summed E-state index contributed by atoms with van der Waals surface area (Å²) in [4.78, 5) is 0. The molecule has 2 rings (SSSR count). The second-order valence-electron chi connectivity index (χ2n) is 4.20. The number of nitrogens with one attached hydrogen (secondary N) is 2. The average Bonchev–Trinajstić information content (AvgIpc) is 2.49. The Morgan fingerprint density at radius 3 is 2.62 bits per heavy atom. The van der Waals surface area contributed by atoms with Crippen LogP contribution in [0.3, 0.4) is 0 Å². The Kier molecular flexibility index (Phi) is 5.66. The van der Waals surface area contributed by atoms with Crippen molar-refractivity contribution in [3.8, 4) is 0 Å². The lowest BCUT2D eigenvalue weighted by Gasteiger charge is -2.07. The molecule has 0 aromatic heterocycles. The minimum absolute atomic E-state index is 0.260. The topological polar surface area (TPSA) is 36.4 Å². The summed E-state index contributed by atoms with van der Waals surface area (Å²) in [5, 5.41) is 7.97. The molecule has 3 nitrogen and oxygen atoms in total. The van der Waals surface area contributed by atoms with E-state index < -0.39 is 0 Å². The van der Waals surface area contributed by atoms with E-state index in [9.17, 15) is 4.39 Å². The first-order valence-corrected chi connectivity index (χ1v) is 6.99. The molecule has 2 N–H and O–H groups in total. The molecule has 108 valence electrons. The molecule has 0 fully saturated rings. The summed E-state index contributed by atoms with van der Waals surface area (Å²) in [7, 11) is 0. The summed E-state index contributed by atoms with van der Waals surface area (Å²) in [5.41, 5.74) is 4.42. The van der Waals surface area contributed by atoms with Gasteiger partial charge in [0.15, 0.2) is 5.11 Å². The quantitative estimate of drug-likeness (QED) is 0.514. The Labute approximate surface area is 132 Å². The number of hydrogen-bond donors (Lipinski definition) is 2. The highest BCUT2D eigenvalue weighted by Crippen LogP contribution is 2.11. The third-order valence-electron chi connectivity index (χ3n) is 2.64. The van der Waals surface area contributed by atoms with Gasteiger partial charge >= 0.3 is 0 Å². The van der Waals surface area contributed by atoms with Crippen molar-refractivity contribution in [3.05, 3.63) is 70.5 Å². The van der Waals surface area contributed by atoms with Crippen LogP contribution in [0.4, 0.5) is 4.39 Å². The van der Waals surface area contributed by atoms with Gasteiger partial charge in [-0.25, -0.2) is 4.39 Å². The van der Waals surface area contributed by atoms with Crippen molar-refractivity contribution in [2.24, 2.45) is 5.10 Å². The Hall–Kier alpha value is -1.98. The van der Waals surface area contributed by atoms with Crippen LogP contribution < -0.4 is 10.7 Å². The number of hydrazone groups is 1. The van der Waals surface area contributed by atoms with E-state index in [2.05, 4.69) is 15.8 Å². The maximum Gasteiger partial charge on any atom is 0.187 e. The standard InChI is InChI=1S/C15H13ClFN3S/c16-14-4-2-1-3-12(14)10-19-20-15(21)18-9-11-5-7-13(17)8-6-11/h1-8,10H,9H2,(H2,18,20,21)/b19-10-. The van der Waals surface area contributed by atoms with Gasteiger partial charge in [-0.3, -0.25) is 5.43 Å². The van der Waals surface area contributed by atoms with Gasteiger partial charge in [-0.15, -0.1) is 0 Å². The molecule has 0 radical (unpaired) electrons. The summed E-state index contributed by atoms with van der Waals surface area (Å²) in [6.45, 7) is 0.494. The van der Waals surface area contributed by atoms with E-state index in [0.717, 1.165) is 11.1 Å². The molecule has 0 spiro atoms. The van der Waals surface area contributed by atoms with Gasteiger partial charge in [0, 0.05) is 17.1 Å². The molecule has 6 heteroatoms. The summed E-state index contributed by atoms with van der Waals surface area (Å²) < 4.78 is 12.8. The highest BCUT2D eigenvalue weighted by Gasteiger charge is 1.97. The summed E-state index contributed by atoms with van der Waals surface area (Å²) >= 11 is 11.1. The van der Waals surface area contributed by atoms with E-state index in [0.29, 0.717) is 16.7 Å². The highest BCUT2D eigenvalue weighted by molar-refractivity contribution is 7.80. The predicted molar refractivity (Wildman–Crippen MR) is 88.0 cm³/mol. The fourth-order valence-corrected chi connectivity index (χ4v) is 1.87. The molecule has 0 unspecified atom stereocenters. The Balaban J connectivity index is 1.80. The smallest absolute Gasteiger partial charge is 0.187 e. The number of thiocarbonyl (C=S) groups is 1. The van der Waals surface area contributed by atoms with E-state index >= 15 is 0 Å². The van der Waals surface area contributed by atoms with E-state index in [1.54, 1.807) is 24.4 Å². The average molecular weight is 322 g/mol. The van der Waals surface area contributed by atoms with Crippen LogP contribution in [-0.2, 0) is 6.54 Å². The Morgan fingerprint density at radius 1 is 1.19 bits per heavy atom. The third kappa shape index (κ3) is 5.13. The van der Waals surface area contributed by atoms with E-state index in [1.807, 2.05) is 18.2 Å². The van der Waals surface area contributed by atoms with Crippen LogP contribution in [0.2, 0.25) is 5.02 Å². The van der Waals surface area contributed by atoms with E-state index in [-0.39, 0.29) is 5.82 Å². The second kappa shape index (κ2) is 7.71. The van der Waals surface area contributed by atoms with Crippen molar-refractivity contribution in [2.45, 2.75) is 6.54 Å². The number of nitrogens with zero attached hydrogens (tertiary/aromatic N) is 1. The first-order valence-electron chi connectivity index (χ1n) is 6.21. The van der Waals surface area contributed by atoms with Gasteiger partial charge in [0.05, 0.1) is 6.21 Å². The molecular weight excluding hydrogens is 309 g/mol. The lowest BCUT2D eigenvalue weighted by molar-refractivity contribution is 0.626. The van der Waals surface area contributed by atoms with Gasteiger partial charge in [-0.1, -0.05) is 41.9 Å². The van der Waals surface area contributed by atoms with Gasteiger partial charge in [-0.05, 0) is 36.0 Å². The molecule has 0 heterocycles. The number of rotatable bonds is 4. The summed E-state index contributed by atoms with van der Waals surface area (Å²) in [6.07, 6.45) is 1.59. The molecule has 0 saturated carbocycles. The Morgan fingerprint density at radius 2 is 1.90 bits per heavy atom. The van der Waals surface area contributed by atoms with Crippen LogP contribution in [0, 0.1) is 5.82 Å². The third-order valence-corrected chi connectivity index (χ3v) is 3.22. The highest BCUT2D eigenvalue weighted by atomic mass is 35.5. The number of hydrogen-bond acceptors (Lipinski definition) is 2. The molecule has 0 saturated heterocycles. The lowest BCUT2D eigenvalue weighted by Crippen LogP contribution is -2.31. The van der Waals surface area contributed by atoms with Crippen molar-refractivity contribution in [3.63, 3.8) is 0 Å². The maximum atomic E-state index is 12.8. The SMILES string of the molecule is Fc1ccc(CNC(=S)N/N=C\c2ccccc2Cl)cc1. The van der Waals surface area contributed by atoms with Crippen molar-refractivity contribution in [2.75, 3.05) is 0 Å². The van der Waals surface area contributed by atoms with Crippen LogP contribution in [0.5, 0.6) is 0 Å². The molecule has 0 aliphatic carbocycles. The first kappa shape index (κ1) is 15.4. The normalized spacial score (nSPS) is 10.6. The number of halogens is 2. The van der Waals surface area contributed by atoms with Gasteiger partial charge in [-0.2, -0.15) is 5.10 Å². The van der Waals surface area contributed by atoms with Gasteiger partial charge in [0.2, 0.25) is 0 Å². The van der Waals surface area contributed by atoms with E-state index in [1.165, 1.54) is 12.1 Å². The monoisotopic (exact) mass is 321 g/mol. The maximum absolute atomic E-state index is 12.8. The zero-order valence-electron chi connectivity index (χ0n) is 11.0. The van der Waals surface area contributed by atoms with Crippen LogP contribution in [-0.4, -0.2) is 11.3 Å². The molecule has 21 heavy (non-hydrogen) atoms. The van der Waals surface area contributed by atoms with Crippen molar-refractivity contribution in [1.82, 2.24) is 10.7 Å². The molecule has 0 aliphatic rings. The van der Waals surface area contributed by atoms with Crippen LogP contribution in [0.15, 0.2) is 53.6 Å². The molecule has 0 atom stereocenters. The van der Waals surface area contributed by atoms with Gasteiger partial charge in [0.1, 0.15) is 5.82 Å². The lowest BCUT2D eigenvalue weighted by atomic mass is 10.2. The van der Waals surface area contributed by atoms with Crippen LogP contribution in [0.1, 0.15) is 11.1 Å². The molecule has 0 amide bonds. The Bertz CT molecular complexity index is 644. The van der Waals surface area contributed by atoms with Crippen molar-refractivity contribution >= 4 is 35.1 Å². The first-order chi connectivity index (χ1) is 10.1. The zero-order chi connectivity index (χ0) is 15.1. The molecule has 0 bridgehead atoms. The van der Waals surface area contributed by atoms with Crippen molar-refractivity contribution < 1.29 is 4.39 Å². The van der Waals surface area contributed by atoms with Crippen molar-refractivity contribution in [1.29, 1.82) is 0 Å². The molecule has 2 aromatic carbocycles. The molecule has 2 aromatic rings. The molecule has 0 aliphatic heterocycles. The minimum Gasteiger partial charge on any atom is -0.357 e. The largest absolute Gasteiger partial charge is 0.357 e. The fraction of sp³-hybridized carbons (Fsp3) is 0.0667. The fourth-order valence-electron chi connectivity index (χ4n) is 1.56. The minimum atomic E-state index is -0.260.